The van der Waals surface area contributed by atoms with Crippen molar-refractivity contribution in [1.29, 1.82) is 0 Å². The first kappa shape index (κ1) is 23.0. The third kappa shape index (κ3) is 4.88. The number of ether oxygens (including phenoxy) is 4. The number of hydrogen-bond donors (Lipinski definition) is 0. The van der Waals surface area contributed by atoms with Crippen LogP contribution in [0, 0.1) is 5.92 Å². The van der Waals surface area contributed by atoms with Crippen LogP contribution in [0.4, 0.5) is 0 Å². The van der Waals surface area contributed by atoms with Gasteiger partial charge in [-0.15, -0.1) is 0 Å². The van der Waals surface area contributed by atoms with Gasteiger partial charge in [-0.2, -0.15) is 0 Å². The van der Waals surface area contributed by atoms with Gasteiger partial charge >= 0.3 is 0 Å². The van der Waals surface area contributed by atoms with Gasteiger partial charge in [-0.1, -0.05) is 18.2 Å². The molecule has 1 saturated heterocycles. The van der Waals surface area contributed by atoms with Gasteiger partial charge in [0.25, 0.3) is 5.91 Å². The van der Waals surface area contributed by atoms with Crippen molar-refractivity contribution in [1.82, 2.24) is 4.90 Å². The van der Waals surface area contributed by atoms with E-state index in [2.05, 4.69) is 12.1 Å². The topological polar surface area (TPSA) is 57.2 Å². The molecule has 2 aliphatic heterocycles. The Bertz CT molecular complexity index is 1020. The van der Waals surface area contributed by atoms with E-state index in [0.717, 1.165) is 43.1 Å². The third-order valence-electron chi connectivity index (χ3n) is 7.11. The number of para-hydroxylation sites is 1. The van der Waals surface area contributed by atoms with Crippen molar-refractivity contribution in [2.24, 2.45) is 5.92 Å². The number of carbonyl (C=O) groups excluding carboxylic acids is 1. The second kappa shape index (κ2) is 9.49. The van der Waals surface area contributed by atoms with Crippen molar-refractivity contribution in [2.45, 2.75) is 63.8 Å². The number of amides is 1. The Hall–Kier alpha value is -2.73. The van der Waals surface area contributed by atoms with Crippen molar-refractivity contribution in [2.75, 3.05) is 26.8 Å². The number of carbonyl (C=O) groups is 1. The fourth-order valence-electron chi connectivity index (χ4n) is 5.01. The molecule has 1 atom stereocenters. The maximum atomic E-state index is 13.3. The van der Waals surface area contributed by atoms with Gasteiger partial charge in [-0.25, -0.2) is 0 Å². The molecule has 2 aromatic rings. The van der Waals surface area contributed by atoms with Crippen LogP contribution in [0.15, 0.2) is 42.5 Å². The summed E-state index contributed by atoms with van der Waals surface area (Å²) in [4.78, 5) is 15.2. The van der Waals surface area contributed by atoms with Gasteiger partial charge in [0.15, 0.2) is 11.5 Å². The number of piperidine rings is 1. The third-order valence-corrected chi connectivity index (χ3v) is 7.11. The summed E-state index contributed by atoms with van der Waals surface area (Å²) in [7, 11) is 1.60. The van der Waals surface area contributed by atoms with Crippen LogP contribution in [0.5, 0.6) is 17.2 Å². The summed E-state index contributed by atoms with van der Waals surface area (Å²) >= 11 is 0. The zero-order valence-electron chi connectivity index (χ0n) is 20.4. The monoisotopic (exact) mass is 465 g/mol. The first-order valence-electron chi connectivity index (χ1n) is 12.5. The normalized spacial score (nSPS) is 21.2. The number of methoxy groups -OCH3 is 1. The van der Waals surface area contributed by atoms with E-state index in [1.807, 2.05) is 43.0 Å². The van der Waals surface area contributed by atoms with E-state index >= 15 is 0 Å². The molecule has 1 aliphatic carbocycles. The van der Waals surface area contributed by atoms with Crippen LogP contribution in [0.2, 0.25) is 0 Å². The van der Waals surface area contributed by atoms with Crippen molar-refractivity contribution in [3.05, 3.63) is 53.6 Å². The summed E-state index contributed by atoms with van der Waals surface area (Å²) in [5.41, 5.74) is 1.49. The molecule has 1 saturated carbocycles. The zero-order chi connectivity index (χ0) is 23.7. The first-order valence-corrected chi connectivity index (χ1v) is 12.5. The fourth-order valence-corrected chi connectivity index (χ4v) is 5.01. The van der Waals surface area contributed by atoms with Crippen molar-refractivity contribution >= 4 is 5.91 Å². The molecule has 1 unspecified atom stereocenters. The number of rotatable bonds is 7. The average Bonchev–Trinajstić information content (AvgIpc) is 3.67. The molecular formula is C28H35NO5. The lowest BCUT2D eigenvalue weighted by molar-refractivity contribution is -0.0741. The molecule has 0 radical (unpaired) electrons. The van der Waals surface area contributed by atoms with Gasteiger partial charge < -0.3 is 23.8 Å². The van der Waals surface area contributed by atoms with Gasteiger partial charge in [-0.3, -0.25) is 4.79 Å². The van der Waals surface area contributed by atoms with Gasteiger partial charge in [0.2, 0.25) is 0 Å². The minimum atomic E-state index is -0.286. The highest BCUT2D eigenvalue weighted by molar-refractivity contribution is 5.95. The summed E-state index contributed by atoms with van der Waals surface area (Å²) in [5, 5.41) is 0. The maximum absolute atomic E-state index is 13.3. The molecule has 2 heterocycles. The van der Waals surface area contributed by atoms with Crippen LogP contribution >= 0.6 is 0 Å². The highest BCUT2D eigenvalue weighted by atomic mass is 16.5. The molecule has 1 amide bonds. The Morgan fingerprint density at radius 2 is 1.88 bits per heavy atom. The molecule has 6 nitrogen and oxygen atoms in total. The Morgan fingerprint density at radius 1 is 1.12 bits per heavy atom. The van der Waals surface area contributed by atoms with Crippen LogP contribution in [0.25, 0.3) is 0 Å². The second-order valence-corrected chi connectivity index (χ2v) is 10.1. The molecular weight excluding hydrogens is 430 g/mol. The summed E-state index contributed by atoms with van der Waals surface area (Å²) < 4.78 is 24.2. The van der Waals surface area contributed by atoms with E-state index in [1.165, 1.54) is 12.8 Å². The molecule has 0 N–H and O–H groups in total. The second-order valence-electron chi connectivity index (χ2n) is 10.1. The number of benzene rings is 2. The van der Waals surface area contributed by atoms with Crippen LogP contribution < -0.4 is 14.2 Å². The molecule has 2 aromatic carbocycles. The van der Waals surface area contributed by atoms with E-state index in [1.54, 1.807) is 13.2 Å². The summed E-state index contributed by atoms with van der Waals surface area (Å²) in [6.45, 7) is 6.08. The summed E-state index contributed by atoms with van der Waals surface area (Å²) in [5.74, 6) is 2.90. The molecule has 6 heteroatoms. The lowest BCUT2D eigenvalue weighted by Gasteiger charge is -2.46. The minimum absolute atomic E-state index is 0.0157. The minimum Gasteiger partial charge on any atom is -0.493 e. The van der Waals surface area contributed by atoms with E-state index in [9.17, 15) is 4.79 Å². The molecule has 2 fully saturated rings. The fraction of sp³-hybridized carbons (Fsp3) is 0.536. The van der Waals surface area contributed by atoms with Crippen LogP contribution in [-0.4, -0.2) is 49.3 Å². The first-order chi connectivity index (χ1) is 16.5. The Labute approximate surface area is 202 Å². The summed E-state index contributed by atoms with van der Waals surface area (Å²) in [6, 6.07) is 13.7. The van der Waals surface area contributed by atoms with Gasteiger partial charge in [0.1, 0.15) is 11.4 Å². The lowest BCUT2D eigenvalue weighted by Crippen LogP contribution is -2.52. The van der Waals surface area contributed by atoms with Crippen LogP contribution in [0.3, 0.4) is 0 Å². The average molecular weight is 466 g/mol. The molecule has 3 aliphatic rings. The smallest absolute Gasteiger partial charge is 0.253 e. The van der Waals surface area contributed by atoms with E-state index < -0.39 is 0 Å². The Kier molecular flexibility index (Phi) is 6.43. The highest BCUT2D eigenvalue weighted by Crippen LogP contribution is 2.46. The Balaban J connectivity index is 1.27. The van der Waals surface area contributed by atoms with Crippen LogP contribution in [-0.2, 0) is 4.74 Å². The van der Waals surface area contributed by atoms with E-state index in [0.29, 0.717) is 30.2 Å². The summed E-state index contributed by atoms with van der Waals surface area (Å²) in [6.07, 6.45) is 5.08. The number of likely N-dealkylation sites (tertiary alicyclic amines) is 1. The molecule has 0 bridgehead atoms. The number of fused-ring (bicyclic) bond motifs is 1. The predicted molar refractivity (Wildman–Crippen MR) is 130 cm³/mol. The van der Waals surface area contributed by atoms with Gasteiger partial charge in [0.05, 0.1) is 25.9 Å². The highest BCUT2D eigenvalue weighted by Gasteiger charge is 2.44. The number of hydrogen-bond acceptors (Lipinski definition) is 5. The largest absolute Gasteiger partial charge is 0.493 e. The predicted octanol–water partition coefficient (Wildman–Crippen LogP) is 5.41. The van der Waals surface area contributed by atoms with E-state index in [-0.39, 0.29) is 23.7 Å². The molecule has 0 aromatic heterocycles. The molecule has 182 valence electrons. The van der Waals surface area contributed by atoms with Gasteiger partial charge in [0, 0.05) is 43.5 Å². The maximum Gasteiger partial charge on any atom is 0.253 e. The van der Waals surface area contributed by atoms with Crippen molar-refractivity contribution < 1.29 is 23.7 Å². The standard InChI is InChI=1S/C28H35NO5/c1-19(2)33-24-11-10-21(16-25(24)31-3)27(30)29-14-12-28(13-15-29)17-26(32-18-20-8-9-20)22-6-4-5-7-23(22)34-28/h4-7,10-11,16,19-20,26H,8-9,12-15,17-18H2,1-3H3. The molecule has 34 heavy (non-hydrogen) atoms. The quantitative estimate of drug-likeness (QED) is 0.547. The number of nitrogens with zero attached hydrogens (tertiary/aromatic N) is 1. The lowest BCUT2D eigenvalue weighted by atomic mass is 9.81. The molecule has 1 spiro atoms. The SMILES string of the molecule is COc1cc(C(=O)N2CCC3(CC2)CC(OCC2CC2)c2ccccc2O3)ccc1OC(C)C. The van der Waals surface area contributed by atoms with Crippen molar-refractivity contribution in [3.8, 4) is 17.2 Å². The molecule has 5 rings (SSSR count). The van der Waals surface area contributed by atoms with Crippen LogP contribution in [0.1, 0.15) is 68.0 Å². The van der Waals surface area contributed by atoms with Gasteiger partial charge in [-0.05, 0) is 56.9 Å². The van der Waals surface area contributed by atoms with E-state index in [4.69, 9.17) is 18.9 Å². The van der Waals surface area contributed by atoms with Crippen molar-refractivity contribution in [3.63, 3.8) is 0 Å². The zero-order valence-corrected chi connectivity index (χ0v) is 20.4. The Morgan fingerprint density at radius 3 is 2.59 bits per heavy atom.